The van der Waals surface area contributed by atoms with Gasteiger partial charge in [0.2, 0.25) is 0 Å². The Kier molecular flexibility index (Phi) is 8.25. The number of hydrogen-bond acceptors (Lipinski definition) is 5. The Hall–Kier alpha value is -3.60. The number of benzene rings is 3. The summed E-state index contributed by atoms with van der Waals surface area (Å²) in [7, 11) is 1.29. The number of anilines is 1. The van der Waals surface area contributed by atoms with Gasteiger partial charge in [-0.25, -0.2) is 4.79 Å². The molecular weight excluding hydrogens is 508 g/mol. The van der Waals surface area contributed by atoms with E-state index in [0.717, 1.165) is 5.56 Å². The number of halogens is 2. The predicted molar refractivity (Wildman–Crippen MR) is 130 cm³/mol. The van der Waals surface area contributed by atoms with Crippen molar-refractivity contribution >= 4 is 51.2 Å². The minimum Gasteiger partial charge on any atom is -0.488 e. The van der Waals surface area contributed by atoms with E-state index in [9.17, 15) is 14.9 Å². The highest BCUT2D eigenvalue weighted by Gasteiger charge is 2.12. The first-order valence-corrected chi connectivity index (χ1v) is 10.8. The van der Waals surface area contributed by atoms with Crippen LogP contribution >= 0.6 is 27.5 Å². The quantitative estimate of drug-likeness (QED) is 0.232. The molecule has 1 N–H and O–H groups in total. The van der Waals surface area contributed by atoms with Crippen molar-refractivity contribution in [3.63, 3.8) is 0 Å². The Morgan fingerprint density at radius 1 is 1.12 bits per heavy atom. The number of carbonyl (C=O) groups is 2. The van der Waals surface area contributed by atoms with Crippen molar-refractivity contribution in [2.75, 3.05) is 12.4 Å². The maximum Gasteiger partial charge on any atom is 0.337 e. The second-order valence-corrected chi connectivity index (χ2v) is 8.09. The van der Waals surface area contributed by atoms with E-state index in [0.29, 0.717) is 38.7 Å². The zero-order valence-electron chi connectivity index (χ0n) is 17.5. The summed E-state index contributed by atoms with van der Waals surface area (Å²) in [4.78, 5) is 24.0. The van der Waals surface area contributed by atoms with E-state index in [2.05, 4.69) is 26.0 Å². The molecule has 8 heteroatoms. The number of amides is 1. The molecule has 0 bridgehead atoms. The smallest absolute Gasteiger partial charge is 0.337 e. The zero-order chi connectivity index (χ0) is 23.8. The molecular formula is C25H18BrClN2O4. The molecule has 0 aliphatic heterocycles. The summed E-state index contributed by atoms with van der Waals surface area (Å²) in [5.74, 6) is -0.433. The van der Waals surface area contributed by atoms with Crippen molar-refractivity contribution in [1.82, 2.24) is 0 Å². The van der Waals surface area contributed by atoms with Gasteiger partial charge in [0.15, 0.2) is 0 Å². The van der Waals surface area contributed by atoms with Gasteiger partial charge in [0.25, 0.3) is 5.91 Å². The molecule has 0 fully saturated rings. The number of ether oxygens (including phenoxy) is 2. The molecule has 0 atom stereocenters. The lowest BCUT2D eigenvalue weighted by Gasteiger charge is -2.09. The summed E-state index contributed by atoms with van der Waals surface area (Å²) in [5.41, 5.74) is 2.30. The zero-order valence-corrected chi connectivity index (χ0v) is 19.8. The van der Waals surface area contributed by atoms with Crippen molar-refractivity contribution in [2.45, 2.75) is 6.61 Å². The predicted octanol–water partition coefficient (Wildman–Crippen LogP) is 6.01. The van der Waals surface area contributed by atoms with Crippen LogP contribution in [-0.2, 0) is 16.1 Å². The molecule has 6 nitrogen and oxygen atoms in total. The second kappa shape index (κ2) is 11.3. The van der Waals surface area contributed by atoms with Crippen LogP contribution in [0.4, 0.5) is 5.69 Å². The molecule has 3 aromatic carbocycles. The van der Waals surface area contributed by atoms with Gasteiger partial charge in [-0.1, -0.05) is 29.8 Å². The fourth-order valence-corrected chi connectivity index (χ4v) is 3.56. The highest BCUT2D eigenvalue weighted by Crippen LogP contribution is 2.28. The van der Waals surface area contributed by atoms with E-state index in [1.165, 1.54) is 25.3 Å². The molecule has 33 heavy (non-hydrogen) atoms. The third-order valence-corrected chi connectivity index (χ3v) is 5.33. The van der Waals surface area contributed by atoms with Crippen LogP contribution in [0.2, 0.25) is 5.02 Å². The molecule has 0 aromatic heterocycles. The first-order valence-electron chi connectivity index (χ1n) is 9.68. The fourth-order valence-electron chi connectivity index (χ4n) is 2.83. The largest absolute Gasteiger partial charge is 0.488 e. The Bertz CT molecular complexity index is 1250. The monoisotopic (exact) mass is 524 g/mol. The minimum absolute atomic E-state index is 0.0773. The van der Waals surface area contributed by atoms with Crippen molar-refractivity contribution in [1.29, 1.82) is 5.26 Å². The van der Waals surface area contributed by atoms with Crippen LogP contribution < -0.4 is 10.1 Å². The Labute approximate surface area is 204 Å². The Balaban J connectivity index is 1.68. The summed E-state index contributed by atoms with van der Waals surface area (Å²) >= 11 is 9.45. The molecule has 0 heterocycles. The lowest BCUT2D eigenvalue weighted by atomic mass is 10.1. The van der Waals surface area contributed by atoms with Crippen molar-refractivity contribution in [3.05, 3.63) is 98.5 Å². The van der Waals surface area contributed by atoms with E-state index in [-0.39, 0.29) is 5.57 Å². The van der Waals surface area contributed by atoms with E-state index in [1.807, 2.05) is 24.3 Å². The van der Waals surface area contributed by atoms with Gasteiger partial charge in [-0.3, -0.25) is 4.79 Å². The fraction of sp³-hybridized carbons (Fsp3) is 0.0800. The lowest BCUT2D eigenvalue weighted by Crippen LogP contribution is -2.13. The third-order valence-electron chi connectivity index (χ3n) is 4.48. The van der Waals surface area contributed by atoms with E-state index in [1.54, 1.807) is 36.4 Å². The number of hydrogen-bond donors (Lipinski definition) is 1. The number of rotatable bonds is 7. The Morgan fingerprint density at radius 3 is 2.52 bits per heavy atom. The summed E-state index contributed by atoms with van der Waals surface area (Å²) in [6.07, 6.45) is 1.48. The number of methoxy groups -OCH3 is 1. The van der Waals surface area contributed by atoms with Crippen LogP contribution in [0, 0.1) is 11.3 Å². The molecule has 0 spiro atoms. The molecule has 1 amide bonds. The summed E-state index contributed by atoms with van der Waals surface area (Å²) in [6, 6.07) is 20.7. The van der Waals surface area contributed by atoms with Crippen LogP contribution in [0.25, 0.3) is 6.08 Å². The SMILES string of the molecule is COC(=O)c1ccc(NC(=O)/C(C#N)=C/c2ccc(OCc3cccc(Cl)c3)c(Br)c2)cc1. The Morgan fingerprint density at radius 2 is 1.88 bits per heavy atom. The average Bonchev–Trinajstić information content (AvgIpc) is 2.82. The topological polar surface area (TPSA) is 88.4 Å². The van der Waals surface area contributed by atoms with E-state index >= 15 is 0 Å². The third kappa shape index (κ3) is 6.69. The van der Waals surface area contributed by atoms with Crippen LogP contribution in [0.1, 0.15) is 21.5 Å². The second-order valence-electron chi connectivity index (χ2n) is 6.80. The molecule has 0 aliphatic carbocycles. The van der Waals surface area contributed by atoms with Crippen LogP contribution in [0.3, 0.4) is 0 Å². The van der Waals surface area contributed by atoms with E-state index < -0.39 is 11.9 Å². The van der Waals surface area contributed by atoms with E-state index in [4.69, 9.17) is 16.3 Å². The number of carbonyl (C=O) groups excluding carboxylic acids is 2. The highest BCUT2D eigenvalue weighted by atomic mass is 79.9. The van der Waals surface area contributed by atoms with Gasteiger partial charge in [0.1, 0.15) is 24.0 Å². The number of nitrogens with zero attached hydrogens (tertiary/aromatic N) is 1. The van der Waals surface area contributed by atoms with Crippen LogP contribution in [0.15, 0.2) is 76.8 Å². The van der Waals surface area contributed by atoms with Gasteiger partial charge in [-0.2, -0.15) is 5.26 Å². The summed E-state index contributed by atoms with van der Waals surface area (Å²) in [5, 5.41) is 12.7. The van der Waals surface area contributed by atoms with Gasteiger partial charge in [0.05, 0.1) is 17.1 Å². The van der Waals surface area contributed by atoms with Crippen LogP contribution in [0.5, 0.6) is 5.75 Å². The van der Waals surface area contributed by atoms with Gasteiger partial charge in [0, 0.05) is 10.7 Å². The summed E-state index contributed by atoms with van der Waals surface area (Å²) < 4.78 is 11.1. The standard InChI is InChI=1S/C25H18BrClN2O4/c1-32-25(31)18-6-8-21(9-7-18)29-24(30)19(14-28)11-16-5-10-23(22(26)13-16)33-15-17-3-2-4-20(27)12-17/h2-13H,15H2,1H3,(H,29,30)/b19-11+. The lowest BCUT2D eigenvalue weighted by molar-refractivity contribution is -0.112. The molecule has 0 radical (unpaired) electrons. The molecule has 0 saturated carbocycles. The molecule has 0 saturated heterocycles. The van der Waals surface area contributed by atoms with Crippen LogP contribution in [-0.4, -0.2) is 19.0 Å². The molecule has 3 aromatic rings. The maximum absolute atomic E-state index is 12.5. The molecule has 0 unspecified atom stereocenters. The van der Waals surface area contributed by atoms with Gasteiger partial charge < -0.3 is 14.8 Å². The number of nitriles is 1. The number of nitrogens with one attached hydrogen (secondary N) is 1. The van der Waals surface area contributed by atoms with Gasteiger partial charge >= 0.3 is 5.97 Å². The van der Waals surface area contributed by atoms with Crippen molar-refractivity contribution < 1.29 is 19.1 Å². The van der Waals surface area contributed by atoms with Gasteiger partial charge in [-0.05, 0) is 81.7 Å². The highest BCUT2D eigenvalue weighted by molar-refractivity contribution is 9.10. The first kappa shape index (κ1) is 24.1. The van der Waals surface area contributed by atoms with Gasteiger partial charge in [-0.15, -0.1) is 0 Å². The average molecular weight is 526 g/mol. The molecule has 3 rings (SSSR count). The maximum atomic E-state index is 12.5. The molecule has 0 aliphatic rings. The van der Waals surface area contributed by atoms with Crippen molar-refractivity contribution in [3.8, 4) is 11.8 Å². The normalized spacial score (nSPS) is 10.8. The minimum atomic E-state index is -0.569. The number of esters is 1. The molecule has 166 valence electrons. The van der Waals surface area contributed by atoms with Crippen molar-refractivity contribution in [2.24, 2.45) is 0 Å². The summed E-state index contributed by atoms with van der Waals surface area (Å²) in [6.45, 7) is 0.342. The first-order chi connectivity index (χ1) is 15.9.